The van der Waals surface area contributed by atoms with Crippen LogP contribution in [-0.4, -0.2) is 57.8 Å². The van der Waals surface area contributed by atoms with Gasteiger partial charge in [0.15, 0.2) is 6.10 Å². The number of rotatable bonds is 1. The Morgan fingerprint density at radius 2 is 1.83 bits per heavy atom. The van der Waals surface area contributed by atoms with Crippen LogP contribution in [0.5, 0.6) is 0 Å². The van der Waals surface area contributed by atoms with E-state index in [9.17, 15) is 20.1 Å². The molecule has 2 heterocycles. The fraction of sp³-hybridized carbons (Fsp3) is 0.909. The molecule has 2 aliphatic heterocycles. The minimum Gasteiger partial charge on any atom is -0.449 e. The van der Waals surface area contributed by atoms with Gasteiger partial charge in [0.05, 0.1) is 6.10 Å². The van der Waals surface area contributed by atoms with Crippen LogP contribution in [0, 0.1) is 5.92 Å². The molecule has 3 N–H and O–H groups in total. The molecular weight excluding hydrogens is 244 g/mol. The molecule has 0 aromatic rings. The van der Waals surface area contributed by atoms with Crippen molar-refractivity contribution in [3.05, 3.63) is 0 Å². The average Bonchev–Trinajstić information content (AvgIpc) is 2.48. The highest BCUT2D eigenvalue weighted by Gasteiger charge is 2.77. The van der Waals surface area contributed by atoms with E-state index in [0.717, 1.165) is 7.11 Å². The number of fused-ring (bicyclic) bond motifs is 1. The largest absolute Gasteiger partial charge is 0.449 e. The third kappa shape index (κ3) is 1.33. The molecule has 0 saturated carbocycles. The maximum atomic E-state index is 11.5. The first kappa shape index (κ1) is 13.7. The first-order chi connectivity index (χ1) is 8.11. The second kappa shape index (κ2) is 3.64. The molecule has 0 aromatic heterocycles. The van der Waals surface area contributed by atoms with Gasteiger partial charge in [0.1, 0.15) is 5.60 Å². The van der Waals surface area contributed by atoms with E-state index >= 15 is 0 Å². The Kier molecular flexibility index (Phi) is 2.77. The molecule has 5 atom stereocenters. The van der Waals surface area contributed by atoms with Crippen LogP contribution in [0.25, 0.3) is 0 Å². The van der Waals surface area contributed by atoms with Crippen molar-refractivity contribution in [1.29, 1.82) is 0 Å². The fourth-order valence-electron chi connectivity index (χ4n) is 2.63. The van der Waals surface area contributed by atoms with Crippen LogP contribution >= 0.6 is 0 Å². The minimum atomic E-state index is -2.95. The summed E-state index contributed by atoms with van der Waals surface area (Å²) in [6, 6.07) is 0. The standard InChI is InChI=1S/C11H18O7/c1-5-6(2)18-11(16-4)7(9(5,3)13)17-8(12)10(11,14)15/h5-7,13-15H,1-4H3/t5-,6+,7-,9+,11+/m1/s1. The summed E-state index contributed by atoms with van der Waals surface area (Å²) < 4.78 is 15.3. The molecule has 7 heteroatoms. The highest BCUT2D eigenvalue weighted by Crippen LogP contribution is 2.50. The Bertz CT molecular complexity index is 378. The van der Waals surface area contributed by atoms with E-state index in [1.807, 2.05) is 0 Å². The summed E-state index contributed by atoms with van der Waals surface area (Å²) in [7, 11) is 1.16. The second-order valence-corrected chi connectivity index (χ2v) is 5.17. The van der Waals surface area contributed by atoms with Gasteiger partial charge >= 0.3 is 11.8 Å². The highest BCUT2D eigenvalue weighted by atomic mass is 16.8. The third-order valence-electron chi connectivity index (χ3n) is 4.16. The number of carbonyl (C=O) groups is 1. The molecule has 2 aliphatic rings. The van der Waals surface area contributed by atoms with Crippen molar-refractivity contribution in [1.82, 2.24) is 0 Å². The lowest BCUT2D eigenvalue weighted by atomic mass is 9.75. The van der Waals surface area contributed by atoms with Crippen LogP contribution in [0.2, 0.25) is 0 Å². The Hall–Kier alpha value is -0.730. The van der Waals surface area contributed by atoms with Gasteiger partial charge < -0.3 is 29.5 Å². The molecule has 0 radical (unpaired) electrons. The molecule has 7 nitrogen and oxygen atoms in total. The van der Waals surface area contributed by atoms with Crippen molar-refractivity contribution >= 4 is 5.97 Å². The number of methoxy groups -OCH3 is 1. The number of ether oxygens (including phenoxy) is 3. The Morgan fingerprint density at radius 1 is 1.28 bits per heavy atom. The Morgan fingerprint density at radius 3 is 2.33 bits per heavy atom. The van der Waals surface area contributed by atoms with Gasteiger partial charge in [0.2, 0.25) is 0 Å². The number of carbonyl (C=O) groups excluding carboxylic acids is 1. The van der Waals surface area contributed by atoms with Crippen molar-refractivity contribution in [2.24, 2.45) is 5.92 Å². The van der Waals surface area contributed by atoms with Crippen LogP contribution in [0.3, 0.4) is 0 Å². The van der Waals surface area contributed by atoms with E-state index in [1.165, 1.54) is 6.92 Å². The number of aliphatic hydroxyl groups is 3. The molecule has 0 amide bonds. The zero-order valence-corrected chi connectivity index (χ0v) is 10.7. The van der Waals surface area contributed by atoms with E-state index in [1.54, 1.807) is 13.8 Å². The smallest absolute Gasteiger partial charge is 0.373 e. The van der Waals surface area contributed by atoms with Gasteiger partial charge in [-0.2, -0.15) is 0 Å². The zero-order valence-electron chi connectivity index (χ0n) is 10.7. The van der Waals surface area contributed by atoms with Crippen LogP contribution in [-0.2, 0) is 19.0 Å². The van der Waals surface area contributed by atoms with E-state index in [-0.39, 0.29) is 5.92 Å². The molecule has 104 valence electrons. The van der Waals surface area contributed by atoms with Crippen LogP contribution in [0.1, 0.15) is 20.8 Å². The first-order valence-corrected chi connectivity index (χ1v) is 5.72. The SMILES string of the molecule is CO[C@]12O[C@@H](C)[C@@H](C)[C@](C)(O)[C@H]1OC(=O)C2(O)O. The summed E-state index contributed by atoms with van der Waals surface area (Å²) in [6.07, 6.45) is -1.87. The Balaban J connectivity index is 2.56. The molecule has 2 saturated heterocycles. The number of hydrogen-bond donors (Lipinski definition) is 3. The lowest BCUT2D eigenvalue weighted by Gasteiger charge is -2.51. The van der Waals surface area contributed by atoms with Crippen molar-refractivity contribution in [3.63, 3.8) is 0 Å². The second-order valence-electron chi connectivity index (χ2n) is 5.17. The average molecular weight is 262 g/mol. The molecule has 2 fully saturated rings. The zero-order chi connectivity index (χ0) is 13.9. The fourth-order valence-corrected chi connectivity index (χ4v) is 2.63. The molecule has 0 aromatic carbocycles. The van der Waals surface area contributed by atoms with Crippen molar-refractivity contribution in [3.8, 4) is 0 Å². The summed E-state index contributed by atoms with van der Waals surface area (Å²) in [5, 5.41) is 30.2. The highest BCUT2D eigenvalue weighted by molar-refractivity contribution is 5.82. The van der Waals surface area contributed by atoms with Crippen LogP contribution in [0.4, 0.5) is 0 Å². The summed E-state index contributed by atoms with van der Waals surface area (Å²) in [4.78, 5) is 11.5. The van der Waals surface area contributed by atoms with Gasteiger partial charge in [0.25, 0.3) is 5.79 Å². The molecule has 0 aliphatic carbocycles. The summed E-state index contributed by atoms with van der Waals surface area (Å²) in [5.74, 6) is -6.76. The first-order valence-electron chi connectivity index (χ1n) is 5.72. The van der Waals surface area contributed by atoms with E-state index < -0.39 is 35.4 Å². The number of hydrogen-bond acceptors (Lipinski definition) is 7. The van der Waals surface area contributed by atoms with Gasteiger partial charge in [0, 0.05) is 13.0 Å². The summed E-state index contributed by atoms with van der Waals surface area (Å²) in [5.41, 5.74) is -1.50. The lowest BCUT2D eigenvalue weighted by Crippen LogP contribution is -2.72. The monoisotopic (exact) mass is 262 g/mol. The topological polar surface area (TPSA) is 105 Å². The lowest BCUT2D eigenvalue weighted by molar-refractivity contribution is -0.410. The van der Waals surface area contributed by atoms with Crippen LogP contribution in [0.15, 0.2) is 0 Å². The molecule has 0 unspecified atom stereocenters. The van der Waals surface area contributed by atoms with Gasteiger partial charge in [-0.25, -0.2) is 4.79 Å². The van der Waals surface area contributed by atoms with E-state index in [2.05, 4.69) is 0 Å². The molecule has 2 rings (SSSR count). The van der Waals surface area contributed by atoms with E-state index in [0.29, 0.717) is 0 Å². The van der Waals surface area contributed by atoms with Crippen molar-refractivity contribution < 1.29 is 34.3 Å². The molecular formula is C11H18O7. The van der Waals surface area contributed by atoms with Gasteiger partial charge in [-0.15, -0.1) is 0 Å². The van der Waals surface area contributed by atoms with Crippen LogP contribution < -0.4 is 0 Å². The minimum absolute atomic E-state index is 0.382. The van der Waals surface area contributed by atoms with E-state index in [4.69, 9.17) is 14.2 Å². The molecule has 0 spiro atoms. The van der Waals surface area contributed by atoms with Gasteiger partial charge in [-0.05, 0) is 13.8 Å². The summed E-state index contributed by atoms with van der Waals surface area (Å²) >= 11 is 0. The molecule has 0 bridgehead atoms. The predicted molar refractivity (Wildman–Crippen MR) is 57.1 cm³/mol. The normalized spacial score (nSPS) is 50.8. The quantitative estimate of drug-likeness (QED) is 0.400. The van der Waals surface area contributed by atoms with Gasteiger partial charge in [-0.3, -0.25) is 0 Å². The van der Waals surface area contributed by atoms with Crippen molar-refractivity contribution in [2.45, 2.75) is 50.2 Å². The predicted octanol–water partition coefficient (Wildman–Crippen LogP) is -1.26. The summed E-state index contributed by atoms with van der Waals surface area (Å²) in [6.45, 7) is 4.81. The number of esters is 1. The third-order valence-corrected chi connectivity index (χ3v) is 4.16. The van der Waals surface area contributed by atoms with Gasteiger partial charge in [-0.1, -0.05) is 6.92 Å². The maximum Gasteiger partial charge on any atom is 0.373 e. The van der Waals surface area contributed by atoms with Crippen molar-refractivity contribution in [2.75, 3.05) is 7.11 Å². The Labute approximate surface area is 104 Å². The maximum absolute atomic E-state index is 11.5. The molecule has 18 heavy (non-hydrogen) atoms.